The van der Waals surface area contributed by atoms with Crippen LogP contribution in [-0.4, -0.2) is 23.5 Å². The van der Waals surface area contributed by atoms with Gasteiger partial charge in [0.2, 0.25) is 12.1 Å². The van der Waals surface area contributed by atoms with Crippen molar-refractivity contribution < 1.29 is 19.2 Å². The SMILES string of the molecule is O=C1O[C@](c2ccccc2)(C(C[N+](=O)[O-])c2cccc(Cl)c2)C(=O)N1c1ccccc1. The Morgan fingerprint density at radius 1 is 0.968 bits per heavy atom. The number of hydrogen-bond acceptors (Lipinski definition) is 5. The largest absolute Gasteiger partial charge is 0.426 e. The van der Waals surface area contributed by atoms with Crippen LogP contribution in [0.4, 0.5) is 10.5 Å². The maximum atomic E-state index is 13.8. The van der Waals surface area contributed by atoms with E-state index in [9.17, 15) is 19.7 Å². The average molecular weight is 437 g/mol. The van der Waals surface area contributed by atoms with Crippen LogP contribution in [0.15, 0.2) is 84.9 Å². The van der Waals surface area contributed by atoms with Crippen LogP contribution < -0.4 is 4.90 Å². The number of imide groups is 1. The maximum Gasteiger partial charge on any atom is 0.422 e. The monoisotopic (exact) mass is 436 g/mol. The van der Waals surface area contributed by atoms with E-state index in [1.165, 1.54) is 0 Å². The molecule has 1 fully saturated rings. The van der Waals surface area contributed by atoms with Crippen LogP contribution in [0.5, 0.6) is 0 Å². The molecule has 0 spiro atoms. The molecule has 7 nitrogen and oxygen atoms in total. The van der Waals surface area contributed by atoms with E-state index in [0.717, 1.165) is 4.90 Å². The number of para-hydroxylation sites is 1. The van der Waals surface area contributed by atoms with Gasteiger partial charge >= 0.3 is 6.09 Å². The lowest BCUT2D eigenvalue weighted by atomic mass is 9.76. The number of amides is 2. The first-order valence-electron chi connectivity index (χ1n) is 9.49. The minimum atomic E-state index is -1.92. The molecule has 0 N–H and O–H groups in total. The van der Waals surface area contributed by atoms with Gasteiger partial charge in [-0.05, 0) is 29.8 Å². The lowest BCUT2D eigenvalue weighted by molar-refractivity contribution is -0.486. The summed E-state index contributed by atoms with van der Waals surface area (Å²) in [5, 5.41) is 12.0. The first-order chi connectivity index (χ1) is 14.9. The van der Waals surface area contributed by atoms with Gasteiger partial charge in [-0.1, -0.05) is 72.3 Å². The van der Waals surface area contributed by atoms with Crippen molar-refractivity contribution >= 4 is 29.3 Å². The number of halogens is 1. The molecule has 0 saturated carbocycles. The number of hydrogen-bond donors (Lipinski definition) is 0. The Morgan fingerprint density at radius 3 is 2.23 bits per heavy atom. The molecule has 1 unspecified atom stereocenters. The fourth-order valence-electron chi connectivity index (χ4n) is 3.91. The first kappa shape index (κ1) is 20.6. The predicted octanol–water partition coefficient (Wildman–Crippen LogP) is 4.78. The summed E-state index contributed by atoms with van der Waals surface area (Å²) >= 11 is 6.14. The number of carbonyl (C=O) groups excluding carboxylic acids is 2. The lowest BCUT2D eigenvalue weighted by Gasteiger charge is -2.32. The first-order valence-corrected chi connectivity index (χ1v) is 9.86. The van der Waals surface area contributed by atoms with E-state index in [1.54, 1.807) is 84.9 Å². The number of carbonyl (C=O) groups is 2. The standard InChI is InChI=1S/C23H17ClN2O5/c24-18-11-7-8-16(14-18)20(15-25(29)30)23(17-9-3-1-4-10-17)21(27)26(22(28)31-23)19-12-5-2-6-13-19/h1-14,20H,15H2/t20?,23-/m1/s1. The Labute approximate surface area is 183 Å². The Bertz CT molecular complexity index is 1140. The molecule has 0 radical (unpaired) electrons. The molecule has 0 aromatic heterocycles. The topological polar surface area (TPSA) is 89.7 Å². The molecule has 8 heteroatoms. The lowest BCUT2D eigenvalue weighted by Crippen LogP contribution is -2.46. The van der Waals surface area contributed by atoms with Crippen LogP contribution in [-0.2, 0) is 15.1 Å². The third-order valence-electron chi connectivity index (χ3n) is 5.24. The van der Waals surface area contributed by atoms with E-state index in [-0.39, 0.29) is 0 Å². The van der Waals surface area contributed by atoms with Crippen molar-refractivity contribution in [2.75, 3.05) is 11.4 Å². The number of benzene rings is 3. The van der Waals surface area contributed by atoms with E-state index < -0.39 is 35.0 Å². The van der Waals surface area contributed by atoms with E-state index in [0.29, 0.717) is 21.8 Å². The highest BCUT2D eigenvalue weighted by Crippen LogP contribution is 2.47. The summed E-state index contributed by atoms with van der Waals surface area (Å²) in [5.74, 6) is -1.80. The predicted molar refractivity (Wildman–Crippen MR) is 115 cm³/mol. The molecule has 1 aliphatic heterocycles. The highest BCUT2D eigenvalue weighted by molar-refractivity contribution is 6.30. The van der Waals surface area contributed by atoms with Gasteiger partial charge in [0.25, 0.3) is 5.91 Å². The van der Waals surface area contributed by atoms with Crippen LogP contribution in [0, 0.1) is 10.1 Å². The third kappa shape index (κ3) is 3.64. The molecule has 3 aromatic rings. The highest BCUT2D eigenvalue weighted by atomic mass is 35.5. The molecule has 4 rings (SSSR count). The number of anilines is 1. The minimum absolute atomic E-state index is 0.321. The Morgan fingerprint density at radius 2 is 1.61 bits per heavy atom. The van der Waals surface area contributed by atoms with Crippen molar-refractivity contribution in [1.29, 1.82) is 0 Å². The molecule has 3 aromatic carbocycles. The van der Waals surface area contributed by atoms with Crippen molar-refractivity contribution in [3.8, 4) is 0 Å². The average Bonchev–Trinajstić information content (AvgIpc) is 3.04. The molecule has 0 bridgehead atoms. The van der Waals surface area contributed by atoms with Crippen molar-refractivity contribution in [2.45, 2.75) is 11.5 Å². The zero-order valence-electron chi connectivity index (χ0n) is 16.2. The maximum absolute atomic E-state index is 13.8. The van der Waals surface area contributed by atoms with Crippen molar-refractivity contribution in [3.63, 3.8) is 0 Å². The summed E-state index contributed by atoms with van der Waals surface area (Å²) in [4.78, 5) is 38.8. The summed E-state index contributed by atoms with van der Waals surface area (Å²) in [6, 6.07) is 23.1. The van der Waals surface area contributed by atoms with E-state index in [1.807, 2.05) is 0 Å². The van der Waals surface area contributed by atoms with Crippen molar-refractivity contribution in [1.82, 2.24) is 0 Å². The smallest absolute Gasteiger partial charge is 0.422 e. The fourth-order valence-corrected chi connectivity index (χ4v) is 4.11. The number of nitro groups is 1. The molecule has 156 valence electrons. The zero-order chi connectivity index (χ0) is 22.0. The summed E-state index contributed by atoms with van der Waals surface area (Å²) < 4.78 is 5.76. The second kappa shape index (κ2) is 8.20. The van der Waals surface area contributed by atoms with E-state index >= 15 is 0 Å². The molecular formula is C23H17ClN2O5. The Balaban J connectivity index is 1.95. The van der Waals surface area contributed by atoms with Gasteiger partial charge in [0.15, 0.2) is 0 Å². The normalized spacial score (nSPS) is 19.2. The van der Waals surface area contributed by atoms with Crippen LogP contribution in [0.2, 0.25) is 5.02 Å². The molecule has 31 heavy (non-hydrogen) atoms. The van der Waals surface area contributed by atoms with Gasteiger partial charge in [0, 0.05) is 15.5 Å². The van der Waals surface area contributed by atoms with Crippen LogP contribution >= 0.6 is 11.6 Å². The number of ether oxygens (including phenoxy) is 1. The third-order valence-corrected chi connectivity index (χ3v) is 5.48. The number of nitrogens with zero attached hydrogens (tertiary/aromatic N) is 2. The van der Waals surface area contributed by atoms with Crippen LogP contribution in [0.25, 0.3) is 0 Å². The highest BCUT2D eigenvalue weighted by Gasteiger charge is 2.62. The van der Waals surface area contributed by atoms with Gasteiger partial charge in [0.1, 0.15) is 5.92 Å². The minimum Gasteiger partial charge on any atom is -0.426 e. The molecular weight excluding hydrogens is 420 g/mol. The number of cyclic esters (lactones) is 1. The summed E-state index contributed by atoms with van der Waals surface area (Å²) in [6.45, 7) is -0.642. The fraction of sp³-hybridized carbons (Fsp3) is 0.130. The summed E-state index contributed by atoms with van der Waals surface area (Å²) in [7, 11) is 0. The second-order valence-electron chi connectivity index (χ2n) is 7.07. The van der Waals surface area contributed by atoms with Crippen molar-refractivity contribution in [3.05, 3.63) is 111 Å². The molecule has 0 aliphatic carbocycles. The molecule has 2 atom stereocenters. The molecule has 1 heterocycles. The van der Waals surface area contributed by atoms with Crippen LogP contribution in [0.1, 0.15) is 17.0 Å². The van der Waals surface area contributed by atoms with Gasteiger partial charge in [-0.25, -0.2) is 9.69 Å². The molecule has 1 aliphatic rings. The quantitative estimate of drug-likeness (QED) is 0.409. The van der Waals surface area contributed by atoms with Gasteiger partial charge in [-0.15, -0.1) is 0 Å². The zero-order valence-corrected chi connectivity index (χ0v) is 16.9. The van der Waals surface area contributed by atoms with E-state index in [4.69, 9.17) is 16.3 Å². The molecule has 2 amide bonds. The summed E-state index contributed by atoms with van der Waals surface area (Å²) in [5.41, 5.74) is -0.838. The second-order valence-corrected chi connectivity index (χ2v) is 7.51. The van der Waals surface area contributed by atoms with Gasteiger partial charge < -0.3 is 4.74 Å². The van der Waals surface area contributed by atoms with Gasteiger partial charge in [0.05, 0.1) is 5.69 Å². The Kier molecular flexibility index (Phi) is 5.44. The Hall–Kier alpha value is -3.71. The van der Waals surface area contributed by atoms with Crippen LogP contribution in [0.3, 0.4) is 0 Å². The molecule has 1 saturated heterocycles. The number of rotatable bonds is 6. The summed E-state index contributed by atoms with van der Waals surface area (Å²) in [6.07, 6.45) is -0.893. The van der Waals surface area contributed by atoms with E-state index in [2.05, 4.69) is 0 Å². The van der Waals surface area contributed by atoms with Gasteiger partial charge in [-0.3, -0.25) is 14.9 Å². The van der Waals surface area contributed by atoms with Gasteiger partial charge in [-0.2, -0.15) is 0 Å². The van der Waals surface area contributed by atoms with Crippen molar-refractivity contribution in [2.24, 2.45) is 0 Å².